The molecule has 0 spiro atoms. The third-order valence-electron chi connectivity index (χ3n) is 6.88. The first-order valence-electron chi connectivity index (χ1n) is 12.2. The van der Waals surface area contributed by atoms with Crippen molar-refractivity contribution in [2.24, 2.45) is 0 Å². The Kier molecular flexibility index (Phi) is 6.65. The number of rotatable bonds is 8. The summed E-state index contributed by atoms with van der Waals surface area (Å²) < 4.78 is 7.27. The van der Waals surface area contributed by atoms with Crippen LogP contribution >= 0.6 is 0 Å². The Bertz CT molecular complexity index is 1180. The summed E-state index contributed by atoms with van der Waals surface area (Å²) in [6.45, 7) is 2.40. The van der Waals surface area contributed by atoms with Crippen LogP contribution in [0.5, 0.6) is 5.75 Å². The van der Waals surface area contributed by atoms with Crippen LogP contribution < -0.4 is 4.43 Å². The van der Waals surface area contributed by atoms with E-state index in [0.717, 1.165) is 11.8 Å². The predicted molar refractivity (Wildman–Crippen MR) is 148 cm³/mol. The van der Waals surface area contributed by atoms with Gasteiger partial charge in [-0.1, -0.05) is 140 Å². The second kappa shape index (κ2) is 10.2. The van der Waals surface area contributed by atoms with Crippen LogP contribution in [0.1, 0.15) is 22.3 Å². The summed E-state index contributed by atoms with van der Waals surface area (Å²) in [5, 5.41) is -0.442. The number of hydrogen-bond donors (Lipinski definition) is 0. The molecule has 0 fully saturated rings. The quantitative estimate of drug-likeness (QED) is 0.165. The van der Waals surface area contributed by atoms with E-state index in [1.807, 2.05) is 6.07 Å². The lowest BCUT2D eigenvalue weighted by Gasteiger charge is -2.48. The zero-order chi connectivity index (χ0) is 24.0. The Morgan fingerprint density at radius 3 is 1.23 bits per heavy atom. The summed E-state index contributed by atoms with van der Waals surface area (Å²) in [6.07, 6.45) is 0. The molecule has 0 bridgehead atoms. The topological polar surface area (TPSA) is 9.23 Å². The van der Waals surface area contributed by atoms with Gasteiger partial charge < -0.3 is 4.43 Å². The van der Waals surface area contributed by atoms with Crippen LogP contribution in [0.25, 0.3) is 0 Å². The lowest BCUT2D eigenvalue weighted by atomic mass is 9.83. The van der Waals surface area contributed by atoms with Crippen molar-refractivity contribution in [2.75, 3.05) is 0 Å². The van der Waals surface area contributed by atoms with Crippen molar-refractivity contribution in [3.8, 4) is 5.75 Å². The summed E-state index contributed by atoms with van der Waals surface area (Å²) in [5.41, 5.74) is 5.08. The van der Waals surface area contributed by atoms with Gasteiger partial charge in [0.05, 0.1) is 5.04 Å². The molecule has 0 radical (unpaired) electrons. The van der Waals surface area contributed by atoms with Crippen molar-refractivity contribution in [3.05, 3.63) is 174 Å². The summed E-state index contributed by atoms with van der Waals surface area (Å²) in [5.74, 6) is 0.921. The van der Waals surface area contributed by atoms with Crippen molar-refractivity contribution in [1.82, 2.24) is 0 Å². The van der Waals surface area contributed by atoms with Gasteiger partial charge in [-0.3, -0.25) is 0 Å². The van der Waals surface area contributed by atoms with E-state index >= 15 is 0 Å². The molecule has 172 valence electrons. The summed E-state index contributed by atoms with van der Waals surface area (Å²) >= 11 is 0. The maximum Gasteiger partial charge on any atom is 0.271 e. The molecular formula is C33H30OSi. The molecule has 1 atom stereocenters. The van der Waals surface area contributed by atoms with Gasteiger partial charge in [0.1, 0.15) is 5.75 Å². The second-order valence-corrected chi connectivity index (χ2v) is 12.9. The van der Waals surface area contributed by atoms with Gasteiger partial charge in [0.15, 0.2) is 0 Å². The van der Waals surface area contributed by atoms with Crippen molar-refractivity contribution >= 4 is 8.32 Å². The van der Waals surface area contributed by atoms with E-state index in [1.165, 1.54) is 22.3 Å². The molecule has 35 heavy (non-hydrogen) atoms. The van der Waals surface area contributed by atoms with Crippen LogP contribution in [-0.2, 0) is 11.1 Å². The van der Waals surface area contributed by atoms with Gasteiger partial charge in [-0.25, -0.2) is 0 Å². The molecule has 0 saturated carbocycles. The molecule has 0 aromatic heterocycles. The van der Waals surface area contributed by atoms with Gasteiger partial charge >= 0.3 is 0 Å². The molecule has 5 aromatic carbocycles. The van der Waals surface area contributed by atoms with Crippen LogP contribution in [0.4, 0.5) is 0 Å². The Morgan fingerprint density at radius 2 is 0.829 bits per heavy atom. The molecule has 0 aliphatic heterocycles. The maximum atomic E-state index is 7.27. The van der Waals surface area contributed by atoms with E-state index in [0.29, 0.717) is 0 Å². The molecule has 0 N–H and O–H groups in total. The molecule has 2 heteroatoms. The summed E-state index contributed by atoms with van der Waals surface area (Å²) in [4.78, 5) is 0. The fourth-order valence-corrected chi connectivity index (χ4v) is 9.95. The van der Waals surface area contributed by atoms with Crippen LogP contribution in [-0.4, -0.2) is 8.32 Å². The van der Waals surface area contributed by atoms with E-state index in [1.54, 1.807) is 0 Å². The fraction of sp³-hybridized carbons (Fsp3) is 0.0909. The van der Waals surface area contributed by atoms with E-state index in [9.17, 15) is 0 Å². The van der Waals surface area contributed by atoms with E-state index in [4.69, 9.17) is 4.43 Å². The first kappa shape index (κ1) is 22.9. The van der Waals surface area contributed by atoms with Crippen LogP contribution in [0.3, 0.4) is 0 Å². The molecular weight excluding hydrogens is 440 g/mol. The second-order valence-electron chi connectivity index (χ2n) is 9.16. The third-order valence-corrected chi connectivity index (χ3v) is 11.1. The van der Waals surface area contributed by atoms with Gasteiger partial charge in [0.25, 0.3) is 8.32 Å². The van der Waals surface area contributed by atoms with E-state index in [2.05, 4.69) is 152 Å². The monoisotopic (exact) mass is 470 g/mol. The average molecular weight is 471 g/mol. The molecule has 1 nitrogen and oxygen atoms in total. The fourth-order valence-electron chi connectivity index (χ4n) is 5.46. The average Bonchev–Trinajstić information content (AvgIpc) is 2.92. The molecule has 0 amide bonds. The minimum atomic E-state index is -2.73. The summed E-state index contributed by atoms with van der Waals surface area (Å²) in [7, 11) is -2.73. The first-order chi connectivity index (χ1) is 17.2. The van der Waals surface area contributed by atoms with Gasteiger partial charge in [-0.2, -0.15) is 0 Å². The van der Waals surface area contributed by atoms with Gasteiger partial charge in [0, 0.05) is 6.04 Å². The maximum absolute atomic E-state index is 7.27. The van der Waals surface area contributed by atoms with E-state index in [-0.39, 0.29) is 0 Å². The molecule has 1 unspecified atom stereocenters. The molecule has 0 aliphatic carbocycles. The summed E-state index contributed by atoms with van der Waals surface area (Å²) in [6, 6.07) is 54.8. The Balaban J connectivity index is 1.85. The van der Waals surface area contributed by atoms with Crippen LogP contribution in [0.2, 0.25) is 6.55 Å². The van der Waals surface area contributed by atoms with Crippen molar-refractivity contribution in [3.63, 3.8) is 0 Å². The Morgan fingerprint density at radius 1 is 0.486 bits per heavy atom. The highest BCUT2D eigenvalue weighted by Gasteiger charge is 2.56. The van der Waals surface area contributed by atoms with Gasteiger partial charge in [0.2, 0.25) is 0 Å². The van der Waals surface area contributed by atoms with Crippen molar-refractivity contribution < 1.29 is 4.43 Å². The number of benzene rings is 5. The van der Waals surface area contributed by atoms with Gasteiger partial charge in [-0.05, 0) is 40.9 Å². The molecule has 5 aromatic rings. The third kappa shape index (κ3) is 4.45. The zero-order valence-electron chi connectivity index (χ0n) is 20.0. The van der Waals surface area contributed by atoms with Crippen LogP contribution in [0, 0.1) is 0 Å². The van der Waals surface area contributed by atoms with Crippen LogP contribution in [0.15, 0.2) is 152 Å². The SMILES string of the molecule is C[Si](Cc1ccccc1)(Oc1ccccc1)C(c1ccccc1)(c1ccccc1)c1ccccc1. The lowest BCUT2D eigenvalue weighted by molar-refractivity contribution is 0.500. The largest absolute Gasteiger partial charge is 0.542 e. The zero-order valence-corrected chi connectivity index (χ0v) is 21.0. The molecule has 0 saturated heterocycles. The Hall–Kier alpha value is -3.88. The standard InChI is InChI=1S/C33H30OSi/c1-35(27-28-17-7-2-8-18-28,34-32-25-15-6-16-26-32)33(29-19-9-3-10-20-29,30-21-11-4-12-22-30)31-23-13-5-14-24-31/h2-26H,27H2,1H3. The molecule has 0 aliphatic rings. The molecule has 5 rings (SSSR count). The normalized spacial score (nSPS) is 13.1. The number of hydrogen-bond acceptors (Lipinski definition) is 1. The highest BCUT2D eigenvalue weighted by atomic mass is 28.4. The lowest BCUT2D eigenvalue weighted by Crippen LogP contribution is -2.61. The number of para-hydroxylation sites is 1. The first-order valence-corrected chi connectivity index (χ1v) is 14.8. The van der Waals surface area contributed by atoms with Gasteiger partial charge in [-0.15, -0.1) is 0 Å². The smallest absolute Gasteiger partial charge is 0.271 e. The minimum Gasteiger partial charge on any atom is -0.542 e. The predicted octanol–water partition coefficient (Wildman–Crippen LogP) is 8.00. The highest BCUT2D eigenvalue weighted by Crippen LogP contribution is 2.48. The highest BCUT2D eigenvalue weighted by molar-refractivity contribution is 6.77. The minimum absolute atomic E-state index is 0.442. The molecule has 0 heterocycles. The van der Waals surface area contributed by atoms with Crippen molar-refractivity contribution in [1.29, 1.82) is 0 Å². The van der Waals surface area contributed by atoms with Crippen molar-refractivity contribution in [2.45, 2.75) is 17.6 Å². The Labute approximate surface area is 209 Å². The van der Waals surface area contributed by atoms with E-state index < -0.39 is 13.4 Å².